The van der Waals surface area contributed by atoms with Gasteiger partial charge in [0.15, 0.2) is 11.5 Å². The van der Waals surface area contributed by atoms with Crippen LogP contribution in [0.2, 0.25) is 0 Å². The molecule has 25 heavy (non-hydrogen) atoms. The molecule has 2 aromatic rings. The SMILES string of the molecule is COc1cc2c(cc1OC)C(=O)N(C(=O)OCc1ccccc1)CC2. The number of carbonyl (C=O) groups is 2. The molecule has 1 aliphatic heterocycles. The molecule has 0 aromatic heterocycles. The number of nitrogens with zero attached hydrogens (tertiary/aromatic N) is 1. The summed E-state index contributed by atoms with van der Waals surface area (Å²) in [7, 11) is 3.05. The molecule has 6 nitrogen and oxygen atoms in total. The fraction of sp³-hybridized carbons (Fsp3) is 0.263. The van der Waals surface area contributed by atoms with Crippen LogP contribution in [-0.4, -0.2) is 37.7 Å². The number of rotatable bonds is 4. The third-order valence-corrected chi connectivity index (χ3v) is 4.12. The van der Waals surface area contributed by atoms with Crippen molar-refractivity contribution >= 4 is 12.0 Å². The first-order valence-electron chi connectivity index (χ1n) is 7.91. The quantitative estimate of drug-likeness (QED) is 0.855. The Morgan fingerprint density at radius 3 is 2.44 bits per heavy atom. The van der Waals surface area contributed by atoms with Gasteiger partial charge in [-0.25, -0.2) is 9.69 Å². The molecule has 0 atom stereocenters. The van der Waals surface area contributed by atoms with E-state index < -0.39 is 6.09 Å². The van der Waals surface area contributed by atoms with E-state index in [2.05, 4.69) is 0 Å². The number of hydrogen-bond acceptors (Lipinski definition) is 5. The van der Waals surface area contributed by atoms with E-state index >= 15 is 0 Å². The molecule has 0 N–H and O–H groups in total. The van der Waals surface area contributed by atoms with Crippen molar-refractivity contribution in [2.75, 3.05) is 20.8 Å². The molecular formula is C19H19NO5. The van der Waals surface area contributed by atoms with E-state index in [-0.39, 0.29) is 19.1 Å². The molecule has 3 rings (SSSR count). The molecular weight excluding hydrogens is 322 g/mol. The van der Waals surface area contributed by atoms with Crippen LogP contribution in [0.4, 0.5) is 4.79 Å². The van der Waals surface area contributed by atoms with E-state index in [1.807, 2.05) is 30.3 Å². The summed E-state index contributed by atoms with van der Waals surface area (Å²) in [5.74, 6) is 0.628. The van der Waals surface area contributed by atoms with Gasteiger partial charge in [0, 0.05) is 12.1 Å². The molecule has 0 saturated heterocycles. The van der Waals surface area contributed by atoms with Crippen molar-refractivity contribution in [1.29, 1.82) is 0 Å². The average Bonchev–Trinajstić information content (AvgIpc) is 2.66. The predicted octanol–water partition coefficient (Wildman–Crippen LogP) is 3.04. The Balaban J connectivity index is 1.75. The van der Waals surface area contributed by atoms with Crippen molar-refractivity contribution in [2.45, 2.75) is 13.0 Å². The van der Waals surface area contributed by atoms with Crippen LogP contribution in [0.1, 0.15) is 21.5 Å². The minimum atomic E-state index is -0.644. The zero-order valence-electron chi connectivity index (χ0n) is 14.2. The third kappa shape index (κ3) is 3.42. The Morgan fingerprint density at radius 2 is 1.76 bits per heavy atom. The van der Waals surface area contributed by atoms with Crippen LogP contribution in [-0.2, 0) is 17.8 Å². The first-order valence-corrected chi connectivity index (χ1v) is 7.91. The number of amides is 2. The van der Waals surface area contributed by atoms with Crippen molar-refractivity contribution < 1.29 is 23.8 Å². The highest BCUT2D eigenvalue weighted by Gasteiger charge is 2.31. The van der Waals surface area contributed by atoms with E-state index in [1.54, 1.807) is 19.2 Å². The lowest BCUT2D eigenvalue weighted by atomic mass is 9.98. The van der Waals surface area contributed by atoms with E-state index in [0.29, 0.717) is 23.5 Å². The van der Waals surface area contributed by atoms with E-state index in [9.17, 15) is 9.59 Å². The molecule has 1 heterocycles. The summed E-state index contributed by atoms with van der Waals surface area (Å²) in [6, 6.07) is 12.7. The van der Waals surface area contributed by atoms with Crippen molar-refractivity contribution in [1.82, 2.24) is 4.90 Å². The number of carbonyl (C=O) groups excluding carboxylic acids is 2. The maximum atomic E-state index is 12.7. The molecule has 2 aromatic carbocycles. The highest BCUT2D eigenvalue weighted by atomic mass is 16.6. The zero-order valence-corrected chi connectivity index (χ0v) is 14.2. The average molecular weight is 341 g/mol. The van der Waals surface area contributed by atoms with Gasteiger partial charge in [-0.3, -0.25) is 4.79 Å². The smallest absolute Gasteiger partial charge is 0.417 e. The highest BCUT2D eigenvalue weighted by molar-refractivity contribution is 6.05. The maximum Gasteiger partial charge on any atom is 0.417 e. The van der Waals surface area contributed by atoms with Gasteiger partial charge in [-0.05, 0) is 29.7 Å². The minimum Gasteiger partial charge on any atom is -0.493 e. The lowest BCUT2D eigenvalue weighted by molar-refractivity contribution is 0.0626. The van der Waals surface area contributed by atoms with E-state index in [0.717, 1.165) is 16.0 Å². The van der Waals surface area contributed by atoms with Gasteiger partial charge in [-0.2, -0.15) is 0 Å². The Hall–Kier alpha value is -3.02. The maximum absolute atomic E-state index is 12.7. The predicted molar refractivity (Wildman–Crippen MR) is 90.9 cm³/mol. The molecule has 2 amide bonds. The molecule has 0 unspecified atom stereocenters. The van der Waals surface area contributed by atoms with Crippen molar-refractivity contribution in [2.24, 2.45) is 0 Å². The number of fused-ring (bicyclic) bond motifs is 1. The number of imide groups is 1. The zero-order chi connectivity index (χ0) is 17.8. The Labute approximate surface area is 145 Å². The summed E-state index contributed by atoms with van der Waals surface area (Å²) in [6.07, 6.45) is -0.101. The van der Waals surface area contributed by atoms with Gasteiger partial charge in [-0.15, -0.1) is 0 Å². The summed E-state index contributed by atoms with van der Waals surface area (Å²) in [5.41, 5.74) is 2.13. The lowest BCUT2D eigenvalue weighted by Gasteiger charge is -2.27. The molecule has 0 aliphatic carbocycles. The largest absolute Gasteiger partial charge is 0.493 e. The van der Waals surface area contributed by atoms with Gasteiger partial charge >= 0.3 is 6.09 Å². The molecule has 0 radical (unpaired) electrons. The lowest BCUT2D eigenvalue weighted by Crippen LogP contribution is -2.42. The second kappa shape index (κ2) is 7.25. The Bertz CT molecular complexity index is 788. The number of benzene rings is 2. The van der Waals surface area contributed by atoms with Crippen LogP contribution in [0.15, 0.2) is 42.5 Å². The molecule has 0 bridgehead atoms. The van der Waals surface area contributed by atoms with Crippen LogP contribution in [0, 0.1) is 0 Å². The van der Waals surface area contributed by atoms with Crippen LogP contribution in [0.3, 0.4) is 0 Å². The van der Waals surface area contributed by atoms with Crippen molar-refractivity contribution in [3.8, 4) is 11.5 Å². The Morgan fingerprint density at radius 1 is 1.08 bits per heavy atom. The normalized spacial score (nSPS) is 13.2. The molecule has 0 saturated carbocycles. The van der Waals surface area contributed by atoms with Crippen LogP contribution < -0.4 is 9.47 Å². The number of hydrogen-bond donors (Lipinski definition) is 0. The molecule has 1 aliphatic rings. The van der Waals surface area contributed by atoms with Gasteiger partial charge in [-0.1, -0.05) is 30.3 Å². The second-order valence-corrected chi connectivity index (χ2v) is 5.61. The summed E-state index contributed by atoms with van der Waals surface area (Å²) < 4.78 is 15.8. The molecule has 130 valence electrons. The fourth-order valence-electron chi connectivity index (χ4n) is 2.78. The summed E-state index contributed by atoms with van der Waals surface area (Å²) in [5, 5.41) is 0. The highest BCUT2D eigenvalue weighted by Crippen LogP contribution is 2.33. The van der Waals surface area contributed by atoms with Crippen molar-refractivity contribution in [3.05, 3.63) is 59.2 Å². The Kier molecular flexibility index (Phi) is 4.88. The van der Waals surface area contributed by atoms with E-state index in [4.69, 9.17) is 14.2 Å². The van der Waals surface area contributed by atoms with Crippen LogP contribution in [0.25, 0.3) is 0 Å². The van der Waals surface area contributed by atoms with Gasteiger partial charge in [0.2, 0.25) is 0 Å². The van der Waals surface area contributed by atoms with Gasteiger partial charge in [0.25, 0.3) is 5.91 Å². The third-order valence-electron chi connectivity index (χ3n) is 4.12. The van der Waals surface area contributed by atoms with Gasteiger partial charge in [0.05, 0.1) is 14.2 Å². The van der Waals surface area contributed by atoms with Crippen LogP contribution >= 0.6 is 0 Å². The summed E-state index contributed by atoms with van der Waals surface area (Å²) in [6.45, 7) is 0.400. The van der Waals surface area contributed by atoms with Crippen LogP contribution in [0.5, 0.6) is 11.5 Å². The van der Waals surface area contributed by atoms with Gasteiger partial charge in [0.1, 0.15) is 6.61 Å². The molecule has 0 fully saturated rings. The topological polar surface area (TPSA) is 65.1 Å². The van der Waals surface area contributed by atoms with Gasteiger partial charge < -0.3 is 14.2 Å². The first-order chi connectivity index (χ1) is 12.1. The van der Waals surface area contributed by atoms with E-state index in [1.165, 1.54) is 7.11 Å². The molecule has 0 spiro atoms. The number of ether oxygens (including phenoxy) is 3. The number of methoxy groups -OCH3 is 2. The van der Waals surface area contributed by atoms with Crippen molar-refractivity contribution in [3.63, 3.8) is 0 Å². The second-order valence-electron chi connectivity index (χ2n) is 5.61. The monoisotopic (exact) mass is 341 g/mol. The first kappa shape index (κ1) is 16.8. The summed E-state index contributed by atoms with van der Waals surface area (Å²) >= 11 is 0. The standard InChI is InChI=1S/C19H19NO5/c1-23-16-10-14-8-9-20(18(21)15(14)11-17(16)24-2)19(22)25-12-13-6-4-3-5-7-13/h3-7,10-11H,8-9,12H2,1-2H3. The fourth-order valence-corrected chi connectivity index (χ4v) is 2.78. The summed E-state index contributed by atoms with van der Waals surface area (Å²) in [4.78, 5) is 26.1. The minimum absolute atomic E-state index is 0.127. The molecule has 6 heteroatoms.